The molecule has 136 valence electrons. The van der Waals surface area contributed by atoms with Crippen LogP contribution in [0.3, 0.4) is 0 Å². The highest BCUT2D eigenvalue weighted by Crippen LogP contribution is 2.16. The Kier molecular flexibility index (Phi) is 14.1. The van der Waals surface area contributed by atoms with Gasteiger partial charge in [0.1, 0.15) is 0 Å². The van der Waals surface area contributed by atoms with Gasteiger partial charge in [0.15, 0.2) is 0 Å². The molecule has 0 amide bonds. The molecule has 0 aliphatic heterocycles. The van der Waals surface area contributed by atoms with Gasteiger partial charge in [0.2, 0.25) is 0 Å². The molecule has 0 radical (unpaired) electrons. The van der Waals surface area contributed by atoms with Gasteiger partial charge in [0.25, 0.3) is 0 Å². The van der Waals surface area contributed by atoms with Crippen molar-refractivity contribution < 1.29 is 20.1 Å². The lowest BCUT2D eigenvalue weighted by Crippen LogP contribution is -2.13. The Morgan fingerprint density at radius 1 is 0.783 bits per heavy atom. The Labute approximate surface area is 141 Å². The average molecular weight is 328 g/mol. The summed E-state index contributed by atoms with van der Waals surface area (Å²) in [5.74, 6) is -0.946. The molecule has 0 rings (SSSR count). The highest BCUT2D eigenvalue weighted by Gasteiger charge is 2.12. The van der Waals surface area contributed by atoms with Crippen LogP contribution in [0.25, 0.3) is 0 Å². The normalized spacial score (nSPS) is 13.7. The van der Waals surface area contributed by atoms with Gasteiger partial charge in [-0.25, -0.2) is 4.79 Å². The molecule has 0 aromatic rings. The van der Waals surface area contributed by atoms with Crippen molar-refractivity contribution in [2.24, 2.45) is 0 Å². The van der Waals surface area contributed by atoms with Gasteiger partial charge in [0.05, 0.1) is 6.10 Å². The molecule has 1 atom stereocenters. The van der Waals surface area contributed by atoms with E-state index in [0.29, 0.717) is 18.6 Å². The van der Waals surface area contributed by atoms with E-state index in [1.54, 1.807) is 13.8 Å². The van der Waals surface area contributed by atoms with Crippen molar-refractivity contribution in [3.63, 3.8) is 0 Å². The van der Waals surface area contributed by atoms with Crippen LogP contribution in [0.5, 0.6) is 0 Å². The predicted molar refractivity (Wildman–Crippen MR) is 94.5 cm³/mol. The fourth-order valence-electron chi connectivity index (χ4n) is 2.68. The second kappa shape index (κ2) is 14.7. The van der Waals surface area contributed by atoms with Crippen LogP contribution in [0.2, 0.25) is 0 Å². The molecule has 0 saturated heterocycles. The number of aliphatic hydroxyl groups excluding tert-OH is 2. The maximum atomic E-state index is 10.8. The maximum Gasteiger partial charge on any atom is 0.331 e. The standard InChI is InChI=1S/C19H36O4/c1-16(17(2)19(22)23)18(21)14-12-10-8-6-4-3-5-7-9-11-13-15-20/h18,20-21H,3-15H2,1-2H3,(H,22,23). The van der Waals surface area contributed by atoms with Gasteiger partial charge >= 0.3 is 5.97 Å². The minimum atomic E-state index is -0.946. The molecule has 1 unspecified atom stereocenters. The molecule has 23 heavy (non-hydrogen) atoms. The summed E-state index contributed by atoms with van der Waals surface area (Å²) < 4.78 is 0. The Hall–Kier alpha value is -0.870. The number of carboxylic acids is 1. The first-order valence-corrected chi connectivity index (χ1v) is 9.20. The third-order valence-electron chi connectivity index (χ3n) is 4.55. The Balaban J connectivity index is 3.46. The third kappa shape index (κ3) is 12.2. The summed E-state index contributed by atoms with van der Waals surface area (Å²) in [7, 11) is 0. The van der Waals surface area contributed by atoms with Gasteiger partial charge in [-0.15, -0.1) is 0 Å². The van der Waals surface area contributed by atoms with E-state index in [-0.39, 0.29) is 5.57 Å². The van der Waals surface area contributed by atoms with Crippen molar-refractivity contribution in [2.75, 3.05) is 6.61 Å². The zero-order valence-corrected chi connectivity index (χ0v) is 15.0. The van der Waals surface area contributed by atoms with Crippen LogP contribution in [-0.4, -0.2) is 34.0 Å². The van der Waals surface area contributed by atoms with Crippen LogP contribution in [-0.2, 0) is 4.79 Å². The summed E-state index contributed by atoms with van der Waals surface area (Å²) in [4.78, 5) is 10.8. The van der Waals surface area contributed by atoms with E-state index < -0.39 is 12.1 Å². The largest absolute Gasteiger partial charge is 0.478 e. The lowest BCUT2D eigenvalue weighted by Gasteiger charge is -2.12. The predicted octanol–water partition coefficient (Wildman–Crippen LogP) is 4.44. The van der Waals surface area contributed by atoms with Crippen LogP contribution < -0.4 is 0 Å². The Morgan fingerprint density at radius 2 is 1.17 bits per heavy atom. The molecule has 0 aliphatic carbocycles. The van der Waals surface area contributed by atoms with E-state index in [1.165, 1.54) is 44.9 Å². The molecule has 0 aromatic carbocycles. The first-order valence-electron chi connectivity index (χ1n) is 9.20. The van der Waals surface area contributed by atoms with E-state index in [4.69, 9.17) is 10.2 Å². The number of aliphatic hydroxyl groups is 2. The number of aliphatic carboxylic acids is 1. The number of unbranched alkanes of at least 4 members (excludes halogenated alkanes) is 10. The van der Waals surface area contributed by atoms with Gasteiger partial charge < -0.3 is 15.3 Å². The number of hydrogen-bond acceptors (Lipinski definition) is 3. The highest BCUT2D eigenvalue weighted by atomic mass is 16.4. The summed E-state index contributed by atoms with van der Waals surface area (Å²) in [6.07, 6.45) is 13.0. The number of hydrogen-bond donors (Lipinski definition) is 3. The van der Waals surface area contributed by atoms with Crippen molar-refractivity contribution in [3.05, 3.63) is 11.1 Å². The minimum absolute atomic E-state index is 0.261. The molecule has 0 bridgehead atoms. The monoisotopic (exact) mass is 328 g/mol. The van der Waals surface area contributed by atoms with Gasteiger partial charge in [-0.1, -0.05) is 64.2 Å². The third-order valence-corrected chi connectivity index (χ3v) is 4.55. The summed E-state index contributed by atoms with van der Waals surface area (Å²) in [6, 6.07) is 0. The van der Waals surface area contributed by atoms with Crippen molar-refractivity contribution in [1.29, 1.82) is 0 Å². The van der Waals surface area contributed by atoms with Crippen molar-refractivity contribution in [1.82, 2.24) is 0 Å². The minimum Gasteiger partial charge on any atom is -0.478 e. The average Bonchev–Trinajstić information content (AvgIpc) is 2.54. The highest BCUT2D eigenvalue weighted by molar-refractivity contribution is 5.86. The van der Waals surface area contributed by atoms with Gasteiger partial charge in [-0.05, 0) is 32.3 Å². The van der Waals surface area contributed by atoms with Crippen LogP contribution in [0, 0.1) is 0 Å². The van der Waals surface area contributed by atoms with Crippen molar-refractivity contribution in [3.8, 4) is 0 Å². The summed E-state index contributed by atoms with van der Waals surface area (Å²) in [5, 5.41) is 27.5. The molecular weight excluding hydrogens is 292 g/mol. The molecule has 3 N–H and O–H groups in total. The molecule has 0 spiro atoms. The topological polar surface area (TPSA) is 77.8 Å². The van der Waals surface area contributed by atoms with E-state index in [9.17, 15) is 9.90 Å². The van der Waals surface area contributed by atoms with E-state index >= 15 is 0 Å². The van der Waals surface area contributed by atoms with Crippen molar-refractivity contribution in [2.45, 2.75) is 97.0 Å². The van der Waals surface area contributed by atoms with Crippen LogP contribution in [0.4, 0.5) is 0 Å². The lowest BCUT2D eigenvalue weighted by atomic mass is 9.99. The van der Waals surface area contributed by atoms with Gasteiger partial charge in [0, 0.05) is 12.2 Å². The molecular formula is C19H36O4. The first kappa shape index (κ1) is 22.1. The fraction of sp³-hybridized carbons (Fsp3) is 0.842. The van der Waals surface area contributed by atoms with E-state index in [0.717, 1.165) is 25.7 Å². The van der Waals surface area contributed by atoms with Crippen LogP contribution in [0.15, 0.2) is 11.1 Å². The number of carbonyl (C=O) groups is 1. The molecule has 0 saturated carbocycles. The van der Waals surface area contributed by atoms with Gasteiger partial charge in [-0.2, -0.15) is 0 Å². The fourth-order valence-corrected chi connectivity index (χ4v) is 2.68. The Morgan fingerprint density at radius 3 is 1.57 bits per heavy atom. The van der Waals surface area contributed by atoms with Crippen LogP contribution in [0.1, 0.15) is 90.9 Å². The zero-order valence-electron chi connectivity index (χ0n) is 15.0. The lowest BCUT2D eigenvalue weighted by molar-refractivity contribution is -0.132. The van der Waals surface area contributed by atoms with E-state index in [1.807, 2.05) is 0 Å². The number of rotatable bonds is 15. The summed E-state index contributed by atoms with van der Waals surface area (Å²) in [6.45, 7) is 3.57. The van der Waals surface area contributed by atoms with Gasteiger partial charge in [-0.3, -0.25) is 0 Å². The second-order valence-corrected chi connectivity index (χ2v) is 6.53. The number of carboxylic acid groups (broad SMARTS) is 1. The molecule has 0 fully saturated rings. The Bertz CT molecular complexity index is 336. The van der Waals surface area contributed by atoms with E-state index in [2.05, 4.69) is 0 Å². The van der Waals surface area contributed by atoms with Crippen LogP contribution >= 0.6 is 0 Å². The molecule has 0 aromatic heterocycles. The summed E-state index contributed by atoms with van der Waals surface area (Å²) in [5.41, 5.74) is 0.843. The maximum absolute atomic E-state index is 10.8. The zero-order chi connectivity index (χ0) is 17.5. The van der Waals surface area contributed by atoms with Crippen molar-refractivity contribution >= 4 is 5.97 Å². The summed E-state index contributed by atoms with van der Waals surface area (Å²) >= 11 is 0. The SMILES string of the molecule is CC(C(=O)O)=C(C)C(O)CCCCCCCCCCCCCO. The molecule has 0 aliphatic rings. The second-order valence-electron chi connectivity index (χ2n) is 6.53. The molecule has 4 heteroatoms. The first-order chi connectivity index (χ1) is 11.0. The quantitative estimate of drug-likeness (QED) is 0.307. The smallest absolute Gasteiger partial charge is 0.331 e. The molecule has 0 heterocycles. The molecule has 4 nitrogen and oxygen atoms in total.